The number of amides is 2. The van der Waals surface area contributed by atoms with E-state index in [-0.39, 0.29) is 17.9 Å². The van der Waals surface area contributed by atoms with Crippen molar-refractivity contribution in [3.05, 3.63) is 65.2 Å². The van der Waals surface area contributed by atoms with Crippen molar-refractivity contribution in [2.45, 2.75) is 25.8 Å². The fourth-order valence-corrected chi connectivity index (χ4v) is 4.85. The van der Waals surface area contributed by atoms with Gasteiger partial charge in [0.2, 0.25) is 0 Å². The molecule has 2 aromatic rings. The molecule has 2 aromatic carbocycles. The number of ether oxygens (including phenoxy) is 1. The predicted octanol–water partition coefficient (Wildman–Crippen LogP) is 2.98. The number of aliphatic hydroxyl groups excluding tert-OH is 1. The van der Waals surface area contributed by atoms with Crippen molar-refractivity contribution in [2.24, 2.45) is 0 Å². The second-order valence-corrected chi connectivity index (χ2v) is 8.96. The highest BCUT2D eigenvalue weighted by Gasteiger charge is 2.66. The molecule has 0 radical (unpaired) electrons. The summed E-state index contributed by atoms with van der Waals surface area (Å²) < 4.78 is 5.62. The Morgan fingerprint density at radius 2 is 1.71 bits per heavy atom. The van der Waals surface area contributed by atoms with E-state index in [1.54, 1.807) is 47.4 Å². The van der Waals surface area contributed by atoms with Gasteiger partial charge in [0.05, 0.1) is 17.9 Å². The van der Waals surface area contributed by atoms with Gasteiger partial charge >= 0.3 is 0 Å². The average Bonchev–Trinajstić information content (AvgIpc) is 3.23. The van der Waals surface area contributed by atoms with Gasteiger partial charge in [0.25, 0.3) is 17.6 Å². The van der Waals surface area contributed by atoms with Crippen molar-refractivity contribution in [1.29, 1.82) is 0 Å². The molecule has 1 fully saturated rings. The number of ketones is 1. The Morgan fingerprint density at radius 1 is 1.03 bits per heavy atom. The van der Waals surface area contributed by atoms with E-state index in [4.69, 9.17) is 4.74 Å². The number of rotatable bonds is 8. The fourth-order valence-electron chi connectivity index (χ4n) is 4.85. The van der Waals surface area contributed by atoms with E-state index in [0.717, 1.165) is 6.42 Å². The van der Waals surface area contributed by atoms with Gasteiger partial charge in [-0.05, 0) is 57.8 Å². The number of carbonyl (C=O) groups is 3. The summed E-state index contributed by atoms with van der Waals surface area (Å²) in [6.07, 6.45) is 0.856. The molecule has 8 nitrogen and oxygen atoms in total. The maximum atomic E-state index is 14.1. The monoisotopic (exact) mass is 477 g/mol. The highest BCUT2D eigenvalue weighted by atomic mass is 16.5. The summed E-state index contributed by atoms with van der Waals surface area (Å²) in [5.41, 5.74) is -0.436. The van der Waals surface area contributed by atoms with E-state index in [9.17, 15) is 19.5 Å². The first-order valence-corrected chi connectivity index (χ1v) is 11.9. The molecule has 1 spiro atoms. The number of carbonyl (C=O) groups excluding carboxylic acids is 3. The van der Waals surface area contributed by atoms with Crippen LogP contribution in [0, 0.1) is 0 Å². The smallest absolute Gasteiger partial charge is 0.296 e. The van der Waals surface area contributed by atoms with Gasteiger partial charge in [-0.15, -0.1) is 0 Å². The third-order valence-electron chi connectivity index (χ3n) is 6.50. The van der Waals surface area contributed by atoms with Crippen LogP contribution < -0.4 is 9.64 Å². The average molecular weight is 478 g/mol. The first-order valence-electron chi connectivity index (χ1n) is 11.9. The van der Waals surface area contributed by atoms with E-state index in [1.807, 2.05) is 38.9 Å². The van der Waals surface area contributed by atoms with E-state index in [1.165, 1.54) is 4.90 Å². The Balaban J connectivity index is 1.95. The normalized spacial score (nSPS) is 20.9. The summed E-state index contributed by atoms with van der Waals surface area (Å²) >= 11 is 0. The molecule has 1 unspecified atom stereocenters. The summed E-state index contributed by atoms with van der Waals surface area (Å²) in [4.78, 5) is 45.7. The number of nitrogens with zero attached hydrogens (tertiary/aromatic N) is 3. The maximum Gasteiger partial charge on any atom is 0.296 e. The summed E-state index contributed by atoms with van der Waals surface area (Å²) in [5.74, 6) is -1.82. The van der Waals surface area contributed by atoms with Crippen LogP contribution in [-0.2, 0) is 19.9 Å². The third-order valence-corrected chi connectivity index (χ3v) is 6.50. The van der Waals surface area contributed by atoms with Gasteiger partial charge in [0.1, 0.15) is 11.5 Å². The Kier molecular flexibility index (Phi) is 6.67. The summed E-state index contributed by atoms with van der Waals surface area (Å²) in [6.45, 7) is 5.36. The number of Topliss-reactive ketones (excluding diaryl/α,β-unsaturated/α-hetero) is 1. The summed E-state index contributed by atoms with van der Waals surface area (Å²) in [6, 6.07) is 13.8. The molecule has 2 heterocycles. The lowest BCUT2D eigenvalue weighted by molar-refractivity contribution is -0.143. The van der Waals surface area contributed by atoms with Crippen LogP contribution in [0.1, 0.15) is 31.4 Å². The quantitative estimate of drug-likeness (QED) is 0.357. The molecule has 4 rings (SSSR count). The van der Waals surface area contributed by atoms with E-state index in [0.29, 0.717) is 42.3 Å². The minimum absolute atomic E-state index is 0.149. The minimum Gasteiger partial charge on any atom is -0.507 e. The van der Waals surface area contributed by atoms with Crippen molar-refractivity contribution < 1.29 is 24.2 Å². The van der Waals surface area contributed by atoms with Gasteiger partial charge in [-0.3, -0.25) is 14.4 Å². The first kappa shape index (κ1) is 24.5. The zero-order valence-electron chi connectivity index (χ0n) is 20.6. The summed E-state index contributed by atoms with van der Waals surface area (Å²) in [7, 11) is 3.71. The molecular weight excluding hydrogens is 446 g/mol. The summed E-state index contributed by atoms with van der Waals surface area (Å²) in [5, 5.41) is 11.5. The SMILES string of the molecule is CCCOc1ccc(C(O)=C2C(=O)C(=O)N(CCN(C)C)C23C(=O)N(CC)c2ccccc23)cc1. The molecule has 0 aliphatic carbocycles. The molecule has 2 aliphatic heterocycles. The fraction of sp³-hybridized carbons (Fsp3) is 0.370. The van der Waals surface area contributed by atoms with Crippen LogP contribution in [0.3, 0.4) is 0 Å². The molecule has 1 N–H and O–H groups in total. The van der Waals surface area contributed by atoms with Crippen molar-refractivity contribution in [2.75, 3.05) is 45.2 Å². The number of anilines is 1. The van der Waals surface area contributed by atoms with E-state index >= 15 is 0 Å². The largest absolute Gasteiger partial charge is 0.507 e. The van der Waals surface area contributed by atoms with Crippen LogP contribution in [0.4, 0.5) is 5.69 Å². The molecule has 0 aromatic heterocycles. The molecular formula is C27H31N3O5. The topological polar surface area (TPSA) is 90.4 Å². The lowest BCUT2D eigenvalue weighted by Gasteiger charge is -2.35. The number of hydrogen-bond acceptors (Lipinski definition) is 6. The number of aliphatic hydroxyl groups is 1. The molecule has 0 bridgehead atoms. The standard InChI is InChI=1S/C27H31N3O5/c1-5-17-35-19-13-11-18(12-14-19)23(31)22-24(32)25(33)30(16-15-28(3)4)27(22)20-9-7-8-10-21(20)29(6-2)26(27)34/h7-14,31H,5-6,15-17H2,1-4H3. The molecule has 0 saturated carbocycles. The number of likely N-dealkylation sites (N-methyl/N-ethyl adjacent to an activating group) is 2. The highest BCUT2D eigenvalue weighted by molar-refractivity contribution is 6.50. The predicted molar refractivity (Wildman–Crippen MR) is 133 cm³/mol. The third kappa shape index (κ3) is 3.78. The number of para-hydroxylation sites is 1. The lowest BCUT2D eigenvalue weighted by Crippen LogP contribution is -2.53. The van der Waals surface area contributed by atoms with Crippen LogP contribution in [0.15, 0.2) is 54.1 Å². The molecule has 1 saturated heterocycles. The zero-order chi connectivity index (χ0) is 25.3. The van der Waals surface area contributed by atoms with Crippen molar-refractivity contribution >= 4 is 29.0 Å². The van der Waals surface area contributed by atoms with Gasteiger partial charge in [-0.2, -0.15) is 0 Å². The molecule has 1 atom stereocenters. The Hall–Kier alpha value is -3.65. The highest BCUT2D eigenvalue weighted by Crippen LogP contribution is 2.53. The molecule has 35 heavy (non-hydrogen) atoms. The number of likely N-dealkylation sites (tertiary alicyclic amines) is 1. The van der Waals surface area contributed by atoms with Gasteiger partial charge in [-0.1, -0.05) is 25.1 Å². The molecule has 2 aliphatic rings. The van der Waals surface area contributed by atoms with Crippen LogP contribution in [0.2, 0.25) is 0 Å². The van der Waals surface area contributed by atoms with E-state index < -0.39 is 23.1 Å². The maximum absolute atomic E-state index is 14.1. The van der Waals surface area contributed by atoms with Crippen molar-refractivity contribution in [3.63, 3.8) is 0 Å². The Labute approximate surface area is 205 Å². The van der Waals surface area contributed by atoms with Crippen LogP contribution in [-0.4, -0.2) is 72.8 Å². The second-order valence-electron chi connectivity index (χ2n) is 8.96. The minimum atomic E-state index is -1.72. The van der Waals surface area contributed by atoms with Gasteiger partial charge in [-0.25, -0.2) is 0 Å². The Morgan fingerprint density at radius 3 is 2.34 bits per heavy atom. The molecule has 8 heteroatoms. The van der Waals surface area contributed by atoms with Crippen LogP contribution >= 0.6 is 0 Å². The zero-order valence-corrected chi connectivity index (χ0v) is 20.6. The van der Waals surface area contributed by atoms with Crippen molar-refractivity contribution in [3.8, 4) is 5.75 Å². The molecule has 184 valence electrons. The Bertz CT molecular complexity index is 1190. The van der Waals surface area contributed by atoms with Crippen molar-refractivity contribution in [1.82, 2.24) is 9.80 Å². The number of fused-ring (bicyclic) bond motifs is 2. The van der Waals surface area contributed by atoms with Gasteiger partial charge < -0.3 is 24.5 Å². The number of benzene rings is 2. The molecule has 2 amide bonds. The van der Waals surface area contributed by atoms with Gasteiger partial charge in [0.15, 0.2) is 5.54 Å². The first-order chi connectivity index (χ1) is 16.8. The van der Waals surface area contributed by atoms with Crippen LogP contribution in [0.5, 0.6) is 5.75 Å². The number of hydrogen-bond donors (Lipinski definition) is 1. The second kappa shape index (κ2) is 9.54. The van der Waals surface area contributed by atoms with Gasteiger partial charge in [0, 0.05) is 30.8 Å². The van der Waals surface area contributed by atoms with Crippen LogP contribution in [0.25, 0.3) is 5.76 Å². The van der Waals surface area contributed by atoms with E-state index in [2.05, 4.69) is 0 Å². The lowest BCUT2D eigenvalue weighted by atomic mass is 9.82.